The third-order valence-electron chi connectivity index (χ3n) is 3.09. The molecule has 1 unspecified atom stereocenters. The molecule has 0 saturated heterocycles. The first-order chi connectivity index (χ1) is 5.80. The summed E-state index contributed by atoms with van der Waals surface area (Å²) in [4.78, 5) is 0. The Bertz CT molecular complexity index is 368. The van der Waals surface area contributed by atoms with Crippen LogP contribution >= 0.6 is 0 Å². The van der Waals surface area contributed by atoms with Crippen LogP contribution in [0, 0.1) is 5.41 Å². The fourth-order valence-electron chi connectivity index (χ4n) is 2.36. The fourth-order valence-corrected chi connectivity index (χ4v) is 2.36. The van der Waals surface area contributed by atoms with Crippen LogP contribution in [0.3, 0.4) is 0 Å². The minimum Gasteiger partial charge on any atom is -0.508 e. The summed E-state index contributed by atoms with van der Waals surface area (Å²) in [6, 6.07) is 0. The smallest absolute Gasteiger partial charge is 0.114 e. The lowest BCUT2D eigenvalue weighted by Gasteiger charge is -2.26. The van der Waals surface area contributed by atoms with E-state index in [1.807, 2.05) is 6.08 Å². The largest absolute Gasteiger partial charge is 0.508 e. The van der Waals surface area contributed by atoms with E-state index in [1.54, 1.807) is 0 Å². The highest BCUT2D eigenvalue weighted by molar-refractivity contribution is 5.55. The van der Waals surface area contributed by atoms with Crippen molar-refractivity contribution in [3.63, 3.8) is 0 Å². The third kappa shape index (κ3) is 0.558. The molecule has 3 rings (SSSR count). The maximum absolute atomic E-state index is 9.49. The molecule has 1 spiro atoms. The topological polar surface area (TPSA) is 20.2 Å². The van der Waals surface area contributed by atoms with Gasteiger partial charge in [-0.15, -0.1) is 0 Å². The average Bonchev–Trinajstić information content (AvgIpc) is 2.52. The van der Waals surface area contributed by atoms with Crippen LogP contribution in [0.4, 0.5) is 0 Å². The van der Waals surface area contributed by atoms with E-state index in [1.165, 1.54) is 5.57 Å². The van der Waals surface area contributed by atoms with Crippen LogP contribution in [0.15, 0.2) is 47.3 Å². The molecule has 0 saturated carbocycles. The number of hydrogen-bond donors (Lipinski definition) is 1. The summed E-state index contributed by atoms with van der Waals surface area (Å²) in [6.45, 7) is 0. The predicted octanol–water partition coefficient (Wildman–Crippen LogP) is 2.64. The second kappa shape index (κ2) is 1.74. The van der Waals surface area contributed by atoms with Crippen molar-refractivity contribution in [3.05, 3.63) is 47.3 Å². The van der Waals surface area contributed by atoms with E-state index in [4.69, 9.17) is 0 Å². The SMILES string of the molecule is OC1=CCC23C=CC=C2C=C1C3. The molecule has 2 bridgehead atoms. The molecule has 0 aromatic heterocycles. The minimum atomic E-state index is 0.238. The third-order valence-corrected chi connectivity index (χ3v) is 3.09. The van der Waals surface area contributed by atoms with Gasteiger partial charge in [-0.25, -0.2) is 0 Å². The van der Waals surface area contributed by atoms with Crippen molar-refractivity contribution in [1.82, 2.24) is 0 Å². The Morgan fingerprint density at radius 3 is 3.25 bits per heavy atom. The fraction of sp³-hybridized carbons (Fsp3) is 0.273. The van der Waals surface area contributed by atoms with Crippen LogP contribution in [0.1, 0.15) is 12.8 Å². The molecule has 12 heavy (non-hydrogen) atoms. The number of rotatable bonds is 0. The lowest BCUT2D eigenvalue weighted by atomic mass is 9.77. The van der Waals surface area contributed by atoms with Gasteiger partial charge in [0, 0.05) is 5.41 Å². The summed E-state index contributed by atoms with van der Waals surface area (Å²) in [5.74, 6) is 0.490. The van der Waals surface area contributed by atoms with Crippen LogP contribution in [-0.4, -0.2) is 5.11 Å². The molecule has 60 valence electrons. The number of aliphatic hydroxyl groups is 1. The number of allylic oxidation sites excluding steroid dienone is 7. The zero-order chi connectivity index (χ0) is 8.18. The first kappa shape index (κ1) is 6.30. The maximum atomic E-state index is 9.49. The van der Waals surface area contributed by atoms with E-state index < -0.39 is 0 Å². The number of hydrogen-bond acceptors (Lipinski definition) is 1. The van der Waals surface area contributed by atoms with E-state index in [0.717, 1.165) is 18.4 Å². The van der Waals surface area contributed by atoms with E-state index in [2.05, 4.69) is 24.3 Å². The Kier molecular flexibility index (Phi) is 0.912. The van der Waals surface area contributed by atoms with Crippen molar-refractivity contribution < 1.29 is 5.11 Å². The summed E-state index contributed by atoms with van der Waals surface area (Å²) < 4.78 is 0. The summed E-state index contributed by atoms with van der Waals surface area (Å²) in [7, 11) is 0. The van der Waals surface area contributed by atoms with Gasteiger partial charge in [-0.1, -0.05) is 24.3 Å². The van der Waals surface area contributed by atoms with Crippen LogP contribution in [0.5, 0.6) is 0 Å². The molecule has 1 heteroatoms. The lowest BCUT2D eigenvalue weighted by Crippen LogP contribution is -2.16. The second-order valence-corrected chi connectivity index (χ2v) is 3.78. The molecule has 1 nitrogen and oxygen atoms in total. The Balaban J connectivity index is 2.20. The van der Waals surface area contributed by atoms with E-state index >= 15 is 0 Å². The summed E-state index contributed by atoms with van der Waals surface area (Å²) in [6.07, 6.45) is 12.6. The Morgan fingerprint density at radius 2 is 2.33 bits per heavy atom. The Hall–Kier alpha value is -1.24. The highest BCUT2D eigenvalue weighted by Crippen LogP contribution is 2.53. The normalized spacial score (nSPS) is 35.8. The molecule has 0 radical (unpaired) electrons. The highest BCUT2D eigenvalue weighted by Gasteiger charge is 2.41. The first-order valence-corrected chi connectivity index (χ1v) is 4.30. The van der Waals surface area contributed by atoms with Gasteiger partial charge in [-0.2, -0.15) is 0 Å². The molecule has 0 fully saturated rings. The lowest BCUT2D eigenvalue weighted by molar-refractivity contribution is 0.379. The zero-order valence-electron chi connectivity index (χ0n) is 6.75. The molecule has 3 aliphatic carbocycles. The van der Waals surface area contributed by atoms with Gasteiger partial charge in [-0.05, 0) is 30.1 Å². The molecule has 0 amide bonds. The minimum absolute atomic E-state index is 0.238. The summed E-state index contributed by atoms with van der Waals surface area (Å²) >= 11 is 0. The van der Waals surface area contributed by atoms with Gasteiger partial charge in [0.05, 0.1) is 0 Å². The van der Waals surface area contributed by atoms with Crippen molar-refractivity contribution in [2.24, 2.45) is 5.41 Å². The monoisotopic (exact) mass is 158 g/mol. The van der Waals surface area contributed by atoms with Crippen LogP contribution in [-0.2, 0) is 0 Å². The second-order valence-electron chi connectivity index (χ2n) is 3.78. The maximum Gasteiger partial charge on any atom is 0.114 e. The quantitative estimate of drug-likeness (QED) is 0.574. The molecule has 0 heterocycles. The van der Waals surface area contributed by atoms with Crippen molar-refractivity contribution in [3.8, 4) is 0 Å². The van der Waals surface area contributed by atoms with Gasteiger partial charge < -0.3 is 5.11 Å². The molecule has 1 N–H and O–H groups in total. The van der Waals surface area contributed by atoms with Crippen molar-refractivity contribution in [1.29, 1.82) is 0 Å². The first-order valence-electron chi connectivity index (χ1n) is 4.30. The Labute approximate surface area is 71.4 Å². The van der Waals surface area contributed by atoms with Crippen LogP contribution < -0.4 is 0 Å². The van der Waals surface area contributed by atoms with E-state index in [9.17, 15) is 5.11 Å². The van der Waals surface area contributed by atoms with Gasteiger partial charge in [0.15, 0.2) is 0 Å². The molecule has 0 aromatic carbocycles. The van der Waals surface area contributed by atoms with E-state index in [0.29, 0.717) is 5.76 Å². The summed E-state index contributed by atoms with van der Waals surface area (Å²) in [5, 5.41) is 9.49. The van der Waals surface area contributed by atoms with Crippen LogP contribution in [0.25, 0.3) is 0 Å². The zero-order valence-corrected chi connectivity index (χ0v) is 6.75. The van der Waals surface area contributed by atoms with Gasteiger partial charge in [0.1, 0.15) is 5.76 Å². The van der Waals surface area contributed by atoms with Crippen LogP contribution in [0.2, 0.25) is 0 Å². The predicted molar refractivity (Wildman–Crippen MR) is 47.7 cm³/mol. The van der Waals surface area contributed by atoms with Crippen molar-refractivity contribution in [2.75, 3.05) is 0 Å². The average molecular weight is 158 g/mol. The molecule has 0 aliphatic heterocycles. The highest BCUT2D eigenvalue weighted by atomic mass is 16.3. The van der Waals surface area contributed by atoms with Gasteiger partial charge in [-0.3, -0.25) is 0 Å². The number of aliphatic hydroxyl groups excluding tert-OH is 1. The standard InChI is InChI=1S/C11H10O/c12-10-3-5-11-4-1-2-9(11)6-8(10)7-11/h1-4,6,12H,5,7H2. The van der Waals surface area contributed by atoms with Gasteiger partial charge in [0.2, 0.25) is 0 Å². The van der Waals surface area contributed by atoms with Crippen molar-refractivity contribution in [2.45, 2.75) is 12.8 Å². The number of fused-ring (bicyclic) bond motifs is 1. The van der Waals surface area contributed by atoms with Gasteiger partial charge in [0.25, 0.3) is 0 Å². The molecular formula is C11H10O. The van der Waals surface area contributed by atoms with E-state index in [-0.39, 0.29) is 5.41 Å². The molecule has 1 atom stereocenters. The Morgan fingerprint density at radius 1 is 1.42 bits per heavy atom. The van der Waals surface area contributed by atoms with Crippen molar-refractivity contribution >= 4 is 0 Å². The molecule has 0 aromatic rings. The molecule has 3 aliphatic rings. The van der Waals surface area contributed by atoms with Gasteiger partial charge >= 0.3 is 0 Å². The summed E-state index contributed by atoms with van der Waals surface area (Å²) in [5.41, 5.74) is 2.72. The molecular weight excluding hydrogens is 148 g/mol.